The van der Waals surface area contributed by atoms with Crippen LogP contribution in [-0.2, 0) is 4.79 Å². The number of carbonyl (C=O) groups excluding carboxylic acids is 2. The molecule has 1 aromatic heterocycles. The van der Waals surface area contributed by atoms with Gasteiger partial charge in [0.25, 0.3) is 5.91 Å². The minimum atomic E-state index is -0.723. The highest BCUT2D eigenvalue weighted by Crippen LogP contribution is 2.42. The first kappa shape index (κ1) is 19.5. The first-order valence-corrected chi connectivity index (χ1v) is 10.6. The molecule has 4 rings (SSSR count). The van der Waals surface area contributed by atoms with Crippen LogP contribution in [0, 0.1) is 13.8 Å². The Labute approximate surface area is 180 Å². The van der Waals surface area contributed by atoms with Crippen LogP contribution in [0.25, 0.3) is 0 Å². The number of aromatic nitrogens is 1. The molecule has 5 nitrogen and oxygen atoms in total. The van der Waals surface area contributed by atoms with E-state index >= 15 is 0 Å². The number of aryl methyl sites for hydroxylation is 2. The predicted molar refractivity (Wildman–Crippen MR) is 116 cm³/mol. The average molecular weight is 469 g/mol. The van der Waals surface area contributed by atoms with Crippen LogP contribution in [0.5, 0.6) is 0 Å². The van der Waals surface area contributed by atoms with Crippen LogP contribution in [-0.4, -0.2) is 21.8 Å². The van der Waals surface area contributed by atoms with Crippen LogP contribution in [0.2, 0.25) is 0 Å². The number of hydrogen-bond acceptors (Lipinski definition) is 5. The van der Waals surface area contributed by atoms with Gasteiger partial charge in [0.15, 0.2) is 5.76 Å². The van der Waals surface area contributed by atoms with Gasteiger partial charge in [-0.05, 0) is 43.7 Å². The van der Waals surface area contributed by atoms with Crippen molar-refractivity contribution in [2.24, 2.45) is 0 Å². The Kier molecular flexibility index (Phi) is 5.10. The van der Waals surface area contributed by atoms with E-state index in [1.807, 2.05) is 49.4 Å². The predicted octanol–water partition coefficient (Wildman–Crippen LogP) is 5.31. The molecule has 0 aliphatic carbocycles. The first-order chi connectivity index (χ1) is 13.9. The van der Waals surface area contributed by atoms with Crippen LogP contribution in [0.4, 0.5) is 5.69 Å². The molecule has 146 valence electrons. The van der Waals surface area contributed by atoms with Crippen molar-refractivity contribution < 1.29 is 14.7 Å². The molecule has 1 atom stereocenters. The highest BCUT2D eigenvalue weighted by atomic mass is 79.9. The lowest BCUT2D eigenvalue weighted by Gasteiger charge is -2.27. The Bertz CT molecular complexity index is 1140. The first-order valence-electron chi connectivity index (χ1n) is 8.94. The van der Waals surface area contributed by atoms with Gasteiger partial charge in [0.05, 0.1) is 27.2 Å². The van der Waals surface area contributed by atoms with Crippen LogP contribution in [0.3, 0.4) is 0 Å². The van der Waals surface area contributed by atoms with Gasteiger partial charge in [0.2, 0.25) is 5.78 Å². The molecular formula is C22H17BrN2O3S. The third-order valence-electron chi connectivity index (χ3n) is 4.78. The van der Waals surface area contributed by atoms with E-state index in [-0.39, 0.29) is 11.4 Å². The minimum absolute atomic E-state index is 0.0795. The number of amides is 1. The number of aliphatic hydroxyl groups is 1. The van der Waals surface area contributed by atoms with Crippen LogP contribution in [0.15, 0.2) is 70.4 Å². The SMILES string of the molecule is Cc1nc(C)c(C(=O)C2=C(O)C(=O)N(c3ccc(Br)cc3)C2c2ccccc2)s1. The normalized spacial score (nSPS) is 16.6. The minimum Gasteiger partial charge on any atom is -0.503 e. The van der Waals surface area contributed by atoms with E-state index in [0.29, 0.717) is 16.3 Å². The van der Waals surface area contributed by atoms with Crippen molar-refractivity contribution in [3.05, 3.63) is 91.5 Å². The van der Waals surface area contributed by atoms with E-state index in [0.717, 1.165) is 15.0 Å². The summed E-state index contributed by atoms with van der Waals surface area (Å²) in [7, 11) is 0. The summed E-state index contributed by atoms with van der Waals surface area (Å²) in [5, 5.41) is 11.5. The maximum Gasteiger partial charge on any atom is 0.294 e. The quantitative estimate of drug-likeness (QED) is 0.526. The highest BCUT2D eigenvalue weighted by Gasteiger charge is 2.45. The molecule has 0 saturated heterocycles. The molecule has 0 fully saturated rings. The molecule has 0 saturated carbocycles. The summed E-state index contributed by atoms with van der Waals surface area (Å²) >= 11 is 4.66. The van der Waals surface area contributed by atoms with E-state index in [1.165, 1.54) is 16.2 Å². The Morgan fingerprint density at radius 1 is 1.10 bits per heavy atom. The lowest BCUT2D eigenvalue weighted by molar-refractivity contribution is -0.117. The number of Topliss-reactive ketones (excluding diaryl/α,β-unsaturated/α-hetero) is 1. The number of carbonyl (C=O) groups is 2. The Balaban J connectivity index is 1.88. The van der Waals surface area contributed by atoms with Crippen molar-refractivity contribution in [3.63, 3.8) is 0 Å². The Morgan fingerprint density at radius 3 is 2.34 bits per heavy atom. The van der Waals surface area contributed by atoms with Gasteiger partial charge in [-0.25, -0.2) is 4.98 Å². The smallest absolute Gasteiger partial charge is 0.294 e. The van der Waals surface area contributed by atoms with Gasteiger partial charge < -0.3 is 5.11 Å². The standard InChI is InChI=1S/C22H17BrN2O3S/c1-12-21(29-13(2)24-12)19(26)17-18(14-6-4-3-5-7-14)25(22(28)20(17)27)16-10-8-15(23)9-11-16/h3-11,18,27H,1-2H3. The summed E-state index contributed by atoms with van der Waals surface area (Å²) in [5.74, 6) is -1.48. The van der Waals surface area contributed by atoms with Gasteiger partial charge in [0, 0.05) is 10.2 Å². The van der Waals surface area contributed by atoms with Gasteiger partial charge in [-0.2, -0.15) is 0 Å². The van der Waals surface area contributed by atoms with Crippen molar-refractivity contribution in [1.29, 1.82) is 0 Å². The number of ketones is 1. The maximum atomic E-state index is 13.4. The fourth-order valence-corrected chi connectivity index (χ4v) is 4.66. The largest absolute Gasteiger partial charge is 0.503 e. The van der Waals surface area contributed by atoms with Gasteiger partial charge in [-0.1, -0.05) is 46.3 Å². The molecule has 3 aromatic rings. The molecule has 2 aromatic carbocycles. The van der Waals surface area contributed by atoms with E-state index in [9.17, 15) is 14.7 Å². The monoisotopic (exact) mass is 468 g/mol. The number of benzene rings is 2. The number of anilines is 1. The molecule has 29 heavy (non-hydrogen) atoms. The number of rotatable bonds is 4. The molecule has 1 unspecified atom stereocenters. The fourth-order valence-electron chi connectivity index (χ4n) is 3.52. The lowest BCUT2D eigenvalue weighted by Crippen LogP contribution is -2.31. The van der Waals surface area contributed by atoms with Crippen molar-refractivity contribution in [2.45, 2.75) is 19.9 Å². The average Bonchev–Trinajstić information content (AvgIpc) is 3.19. The van der Waals surface area contributed by atoms with E-state index in [2.05, 4.69) is 20.9 Å². The van der Waals surface area contributed by atoms with Crippen molar-refractivity contribution in [1.82, 2.24) is 4.98 Å². The summed E-state index contributed by atoms with van der Waals surface area (Å²) in [6.07, 6.45) is 0. The lowest BCUT2D eigenvalue weighted by atomic mass is 9.95. The van der Waals surface area contributed by atoms with Crippen LogP contribution in [0.1, 0.15) is 32.0 Å². The van der Waals surface area contributed by atoms with E-state index < -0.39 is 17.7 Å². The Hall–Kier alpha value is -2.77. The summed E-state index contributed by atoms with van der Waals surface area (Å²) < 4.78 is 0.869. The molecule has 0 radical (unpaired) electrons. The third-order valence-corrected chi connectivity index (χ3v) is 6.38. The third kappa shape index (κ3) is 3.41. The second-order valence-corrected chi connectivity index (χ2v) is 8.82. The zero-order chi connectivity index (χ0) is 20.7. The Morgan fingerprint density at radius 2 is 1.76 bits per heavy atom. The van der Waals surface area contributed by atoms with Gasteiger partial charge >= 0.3 is 0 Å². The second-order valence-electron chi connectivity index (χ2n) is 6.70. The van der Waals surface area contributed by atoms with Crippen molar-refractivity contribution >= 4 is 44.6 Å². The number of aliphatic hydroxyl groups excluding tert-OH is 1. The van der Waals surface area contributed by atoms with E-state index in [1.54, 1.807) is 19.1 Å². The van der Waals surface area contributed by atoms with Gasteiger partial charge in [-0.15, -0.1) is 11.3 Å². The molecular weight excluding hydrogens is 452 g/mol. The number of hydrogen-bond donors (Lipinski definition) is 1. The van der Waals surface area contributed by atoms with E-state index in [4.69, 9.17) is 0 Å². The molecule has 0 bridgehead atoms. The fraction of sp³-hybridized carbons (Fsp3) is 0.136. The molecule has 7 heteroatoms. The van der Waals surface area contributed by atoms with Gasteiger partial charge in [0.1, 0.15) is 0 Å². The summed E-state index contributed by atoms with van der Waals surface area (Å²) in [6.45, 7) is 3.58. The second kappa shape index (κ2) is 7.57. The summed E-state index contributed by atoms with van der Waals surface area (Å²) in [4.78, 5) is 32.7. The zero-order valence-corrected chi connectivity index (χ0v) is 18.1. The van der Waals surface area contributed by atoms with Crippen molar-refractivity contribution in [2.75, 3.05) is 4.90 Å². The zero-order valence-electron chi connectivity index (χ0n) is 15.7. The number of thiazole rings is 1. The number of halogens is 1. The number of nitrogens with zero attached hydrogens (tertiary/aromatic N) is 2. The van der Waals surface area contributed by atoms with Crippen molar-refractivity contribution in [3.8, 4) is 0 Å². The molecule has 1 N–H and O–H groups in total. The molecule has 1 aliphatic rings. The molecule has 2 heterocycles. The van der Waals surface area contributed by atoms with Crippen LogP contribution >= 0.6 is 27.3 Å². The van der Waals surface area contributed by atoms with Crippen LogP contribution < -0.4 is 4.90 Å². The molecule has 1 aliphatic heterocycles. The maximum absolute atomic E-state index is 13.4. The molecule has 1 amide bonds. The summed E-state index contributed by atoms with van der Waals surface area (Å²) in [6, 6.07) is 15.7. The summed E-state index contributed by atoms with van der Waals surface area (Å²) in [5.41, 5.74) is 2.02. The highest BCUT2D eigenvalue weighted by molar-refractivity contribution is 9.10. The molecule has 0 spiro atoms. The van der Waals surface area contributed by atoms with Gasteiger partial charge in [-0.3, -0.25) is 14.5 Å². The topological polar surface area (TPSA) is 70.5 Å².